The molecule has 1 aliphatic heterocycles. The van der Waals surface area contributed by atoms with Gasteiger partial charge in [-0.25, -0.2) is 12.7 Å². The van der Waals surface area contributed by atoms with Gasteiger partial charge >= 0.3 is 6.01 Å². The molecule has 1 aromatic heterocycles. The van der Waals surface area contributed by atoms with E-state index in [1.807, 2.05) is 30.3 Å². The summed E-state index contributed by atoms with van der Waals surface area (Å²) in [6.07, 6.45) is 2.08. The molecule has 0 saturated carbocycles. The van der Waals surface area contributed by atoms with Gasteiger partial charge in [-0.05, 0) is 25.0 Å². The lowest BCUT2D eigenvalue weighted by Crippen LogP contribution is -2.40. The number of carbonyl (C=O) groups is 1. The number of ether oxygens (including phenoxy) is 1. The lowest BCUT2D eigenvalue weighted by Gasteiger charge is -2.29. The van der Waals surface area contributed by atoms with Crippen molar-refractivity contribution in [2.75, 3.05) is 24.7 Å². The summed E-state index contributed by atoms with van der Waals surface area (Å²) in [5.74, 6) is 0.381. The zero-order valence-corrected chi connectivity index (χ0v) is 15.1. The van der Waals surface area contributed by atoms with Gasteiger partial charge in [0, 0.05) is 19.0 Å². The van der Waals surface area contributed by atoms with Crippen molar-refractivity contribution in [3.8, 4) is 5.75 Å². The molecule has 140 valence electrons. The van der Waals surface area contributed by atoms with Crippen molar-refractivity contribution in [1.29, 1.82) is 0 Å². The average molecular weight is 380 g/mol. The standard InChI is InChI=1S/C16H20N4O5S/c1-26(22,23)20-9-7-12(8-10-20)15(21)17-16-19-18-14(25-16)11-24-13-5-3-2-4-6-13/h2-6,12H,7-11H2,1H3,(H,17,19,21). The van der Waals surface area contributed by atoms with Crippen molar-refractivity contribution in [1.82, 2.24) is 14.5 Å². The number of amides is 1. The molecule has 3 rings (SSSR count). The molecule has 0 radical (unpaired) electrons. The quantitative estimate of drug-likeness (QED) is 0.802. The van der Waals surface area contributed by atoms with Crippen LogP contribution >= 0.6 is 0 Å². The molecular formula is C16H20N4O5S. The van der Waals surface area contributed by atoms with Crippen LogP contribution in [0, 0.1) is 5.92 Å². The number of benzene rings is 1. The summed E-state index contributed by atoms with van der Waals surface area (Å²) in [7, 11) is -3.21. The molecule has 1 fully saturated rings. The first-order chi connectivity index (χ1) is 12.4. The van der Waals surface area contributed by atoms with Crippen LogP contribution in [0.1, 0.15) is 18.7 Å². The molecule has 0 spiro atoms. The van der Waals surface area contributed by atoms with Crippen molar-refractivity contribution in [3.05, 3.63) is 36.2 Å². The molecule has 1 aromatic carbocycles. The second-order valence-corrected chi connectivity index (χ2v) is 8.01. The third kappa shape index (κ3) is 4.79. The van der Waals surface area contributed by atoms with E-state index in [0.29, 0.717) is 31.7 Å². The van der Waals surface area contributed by atoms with E-state index in [1.54, 1.807) is 0 Å². The molecule has 2 heterocycles. The molecule has 0 aliphatic carbocycles. The maximum atomic E-state index is 12.3. The number of rotatable bonds is 6. The number of hydrogen-bond donors (Lipinski definition) is 1. The van der Waals surface area contributed by atoms with Gasteiger partial charge in [0.1, 0.15) is 5.75 Å². The number of carbonyl (C=O) groups excluding carboxylic acids is 1. The zero-order chi connectivity index (χ0) is 18.6. The maximum Gasteiger partial charge on any atom is 0.322 e. The van der Waals surface area contributed by atoms with E-state index in [4.69, 9.17) is 9.15 Å². The number of piperidine rings is 1. The van der Waals surface area contributed by atoms with Crippen molar-refractivity contribution in [3.63, 3.8) is 0 Å². The van der Waals surface area contributed by atoms with Crippen molar-refractivity contribution in [2.45, 2.75) is 19.4 Å². The molecular weight excluding hydrogens is 360 g/mol. The summed E-state index contributed by atoms with van der Waals surface area (Å²) in [5.41, 5.74) is 0. The molecule has 1 saturated heterocycles. The number of para-hydroxylation sites is 1. The zero-order valence-electron chi connectivity index (χ0n) is 14.3. The Morgan fingerprint density at radius 1 is 1.27 bits per heavy atom. The van der Waals surface area contributed by atoms with Crippen molar-refractivity contribution < 1.29 is 22.4 Å². The van der Waals surface area contributed by atoms with Gasteiger partial charge in [-0.1, -0.05) is 23.3 Å². The lowest BCUT2D eigenvalue weighted by atomic mass is 9.97. The third-order valence-electron chi connectivity index (χ3n) is 4.10. The van der Waals surface area contributed by atoms with Gasteiger partial charge < -0.3 is 9.15 Å². The number of sulfonamides is 1. The van der Waals surface area contributed by atoms with Gasteiger partial charge in [-0.2, -0.15) is 0 Å². The topological polar surface area (TPSA) is 115 Å². The molecule has 0 bridgehead atoms. The Labute approximate surface area is 151 Å². The minimum Gasteiger partial charge on any atom is -0.484 e. The smallest absolute Gasteiger partial charge is 0.322 e. The van der Waals surface area contributed by atoms with Crippen LogP contribution in [0.2, 0.25) is 0 Å². The summed E-state index contributed by atoms with van der Waals surface area (Å²) in [6, 6.07) is 9.21. The molecule has 2 aromatic rings. The van der Waals surface area contributed by atoms with Crippen LogP contribution in [0.4, 0.5) is 6.01 Å². The Kier molecular flexibility index (Phi) is 5.52. The highest BCUT2D eigenvalue weighted by Crippen LogP contribution is 2.21. The second-order valence-electron chi connectivity index (χ2n) is 6.03. The summed E-state index contributed by atoms with van der Waals surface area (Å²) in [4.78, 5) is 12.3. The molecule has 26 heavy (non-hydrogen) atoms. The molecule has 1 aliphatic rings. The third-order valence-corrected chi connectivity index (χ3v) is 5.40. The Morgan fingerprint density at radius 3 is 2.62 bits per heavy atom. The molecule has 0 atom stereocenters. The average Bonchev–Trinajstić information content (AvgIpc) is 3.07. The number of anilines is 1. The number of nitrogens with one attached hydrogen (secondary N) is 1. The number of aromatic nitrogens is 2. The van der Waals surface area contributed by atoms with E-state index in [1.165, 1.54) is 10.6 Å². The highest BCUT2D eigenvalue weighted by atomic mass is 32.2. The maximum absolute atomic E-state index is 12.3. The number of nitrogens with zero attached hydrogens (tertiary/aromatic N) is 3. The van der Waals surface area contributed by atoms with Crippen LogP contribution < -0.4 is 10.1 Å². The largest absolute Gasteiger partial charge is 0.484 e. The fourth-order valence-corrected chi connectivity index (χ4v) is 3.56. The monoisotopic (exact) mass is 380 g/mol. The van der Waals surface area contributed by atoms with Gasteiger partial charge in [0.25, 0.3) is 5.89 Å². The molecule has 1 amide bonds. The van der Waals surface area contributed by atoms with Gasteiger partial charge in [0.2, 0.25) is 15.9 Å². The number of hydrogen-bond acceptors (Lipinski definition) is 7. The van der Waals surface area contributed by atoms with Gasteiger partial charge in [0.15, 0.2) is 6.61 Å². The lowest BCUT2D eigenvalue weighted by molar-refractivity contribution is -0.121. The predicted molar refractivity (Wildman–Crippen MR) is 92.8 cm³/mol. The van der Waals surface area contributed by atoms with Gasteiger partial charge in [0.05, 0.1) is 6.26 Å². The fraction of sp³-hybridized carbons (Fsp3) is 0.438. The normalized spacial score (nSPS) is 16.3. The van der Waals surface area contributed by atoms with E-state index >= 15 is 0 Å². The summed E-state index contributed by atoms with van der Waals surface area (Å²) in [6.45, 7) is 0.757. The van der Waals surface area contributed by atoms with Crippen LogP contribution in [0.15, 0.2) is 34.7 Å². The van der Waals surface area contributed by atoms with Crippen LogP contribution in [-0.4, -0.2) is 48.2 Å². The van der Waals surface area contributed by atoms with Gasteiger partial charge in [-0.3, -0.25) is 10.1 Å². The second kappa shape index (κ2) is 7.83. The summed E-state index contributed by atoms with van der Waals surface area (Å²) >= 11 is 0. The van der Waals surface area contributed by atoms with E-state index < -0.39 is 10.0 Å². The van der Waals surface area contributed by atoms with E-state index in [2.05, 4.69) is 15.5 Å². The predicted octanol–water partition coefficient (Wildman–Crippen LogP) is 1.26. The van der Waals surface area contributed by atoms with E-state index in [9.17, 15) is 13.2 Å². The van der Waals surface area contributed by atoms with Crippen LogP contribution in [0.25, 0.3) is 0 Å². The Hall–Kier alpha value is -2.46. The van der Waals surface area contributed by atoms with Crippen LogP contribution in [-0.2, 0) is 21.4 Å². The van der Waals surface area contributed by atoms with Crippen LogP contribution in [0.3, 0.4) is 0 Å². The summed E-state index contributed by atoms with van der Waals surface area (Å²) in [5, 5.41) is 10.2. The Balaban J connectivity index is 1.49. The Morgan fingerprint density at radius 2 is 1.96 bits per heavy atom. The molecule has 10 heteroatoms. The van der Waals surface area contributed by atoms with Gasteiger partial charge in [-0.15, -0.1) is 5.10 Å². The fourth-order valence-electron chi connectivity index (χ4n) is 2.68. The molecule has 1 N–H and O–H groups in total. The van der Waals surface area contributed by atoms with E-state index in [-0.39, 0.29) is 30.3 Å². The molecule has 0 unspecified atom stereocenters. The first kappa shape index (κ1) is 18.3. The minimum atomic E-state index is -3.21. The van der Waals surface area contributed by atoms with Crippen LogP contribution in [0.5, 0.6) is 5.75 Å². The molecule has 9 nitrogen and oxygen atoms in total. The minimum absolute atomic E-state index is 0.00667. The van der Waals surface area contributed by atoms with E-state index in [0.717, 1.165) is 0 Å². The highest BCUT2D eigenvalue weighted by Gasteiger charge is 2.29. The van der Waals surface area contributed by atoms with Crippen molar-refractivity contribution in [2.24, 2.45) is 5.92 Å². The Bertz CT molecular complexity index is 845. The van der Waals surface area contributed by atoms with Crippen molar-refractivity contribution >= 4 is 21.9 Å². The first-order valence-corrected chi connectivity index (χ1v) is 10.0. The first-order valence-electron chi connectivity index (χ1n) is 8.18. The highest BCUT2D eigenvalue weighted by molar-refractivity contribution is 7.88. The summed E-state index contributed by atoms with van der Waals surface area (Å²) < 4.78 is 35.2. The SMILES string of the molecule is CS(=O)(=O)N1CCC(C(=O)Nc2nnc(COc3ccccc3)o2)CC1.